The van der Waals surface area contributed by atoms with Crippen LogP contribution in [0.25, 0.3) is 10.9 Å². The maximum atomic E-state index is 12.1. The van der Waals surface area contributed by atoms with E-state index in [0.717, 1.165) is 16.5 Å². The van der Waals surface area contributed by atoms with Gasteiger partial charge in [-0.3, -0.25) is 4.79 Å². The van der Waals surface area contributed by atoms with Crippen LogP contribution in [0, 0.1) is 0 Å². The number of rotatable bonds is 6. The summed E-state index contributed by atoms with van der Waals surface area (Å²) in [4.78, 5) is 27.1. The molecule has 2 N–H and O–H groups in total. The number of amides is 1. The minimum absolute atomic E-state index is 0.186. The van der Waals surface area contributed by atoms with Gasteiger partial charge in [-0.25, -0.2) is 4.79 Å². The van der Waals surface area contributed by atoms with Crippen LogP contribution in [0.3, 0.4) is 0 Å². The van der Waals surface area contributed by atoms with Gasteiger partial charge >= 0.3 is 5.97 Å². The Morgan fingerprint density at radius 1 is 1.04 bits per heavy atom. The molecular weight excluding hydrogens is 320 g/mol. The minimum Gasteiger partial charge on any atom is -0.493 e. The zero-order valence-corrected chi connectivity index (χ0v) is 13.7. The Kier molecular flexibility index (Phi) is 4.99. The number of benzene rings is 2. The molecule has 0 atom stereocenters. The number of para-hydroxylation sites is 3. The Morgan fingerprint density at radius 3 is 2.56 bits per heavy atom. The van der Waals surface area contributed by atoms with Crippen molar-refractivity contribution in [1.82, 2.24) is 10.3 Å². The highest BCUT2D eigenvalue weighted by molar-refractivity contribution is 5.90. The monoisotopic (exact) mass is 338 g/mol. The smallest absolute Gasteiger partial charge is 0.330 e. The van der Waals surface area contributed by atoms with Crippen LogP contribution in [-0.2, 0) is 16.0 Å². The molecule has 1 aromatic heterocycles. The first kappa shape index (κ1) is 16.6. The first-order valence-corrected chi connectivity index (χ1v) is 7.83. The number of carbonyl (C=O) groups is 2. The highest BCUT2D eigenvalue weighted by Crippen LogP contribution is 2.25. The molecule has 1 amide bonds. The molecule has 128 valence electrons. The average molecular weight is 338 g/mol. The Bertz CT molecular complexity index is 901. The van der Waals surface area contributed by atoms with E-state index in [9.17, 15) is 9.59 Å². The van der Waals surface area contributed by atoms with E-state index >= 15 is 0 Å². The molecule has 3 rings (SSSR count). The van der Waals surface area contributed by atoms with Crippen LogP contribution >= 0.6 is 0 Å². The van der Waals surface area contributed by atoms with Crippen LogP contribution in [0.1, 0.15) is 5.56 Å². The number of fused-ring (bicyclic) bond motifs is 1. The summed E-state index contributed by atoms with van der Waals surface area (Å²) in [7, 11) is 1.50. The first-order valence-electron chi connectivity index (χ1n) is 7.83. The lowest BCUT2D eigenvalue weighted by Crippen LogP contribution is -2.32. The molecule has 0 aliphatic rings. The van der Waals surface area contributed by atoms with Crippen molar-refractivity contribution in [3.05, 3.63) is 60.3 Å². The van der Waals surface area contributed by atoms with E-state index in [1.165, 1.54) is 7.11 Å². The molecule has 25 heavy (non-hydrogen) atoms. The second-order valence-electron chi connectivity index (χ2n) is 5.44. The van der Waals surface area contributed by atoms with Crippen LogP contribution in [0.2, 0.25) is 0 Å². The predicted octanol–water partition coefficient (Wildman–Crippen LogP) is 2.44. The van der Waals surface area contributed by atoms with Crippen LogP contribution in [-0.4, -0.2) is 30.5 Å². The van der Waals surface area contributed by atoms with Crippen LogP contribution in [0.15, 0.2) is 54.7 Å². The van der Waals surface area contributed by atoms with E-state index in [-0.39, 0.29) is 18.9 Å². The van der Waals surface area contributed by atoms with Gasteiger partial charge < -0.3 is 19.8 Å². The van der Waals surface area contributed by atoms with Crippen molar-refractivity contribution >= 4 is 22.8 Å². The van der Waals surface area contributed by atoms with Crippen molar-refractivity contribution in [2.45, 2.75) is 6.42 Å². The highest BCUT2D eigenvalue weighted by Gasteiger charge is 2.12. The largest absolute Gasteiger partial charge is 0.493 e. The SMILES string of the molecule is COc1ccccc1OC(=O)CNC(=O)Cc1c[nH]c2ccccc12. The van der Waals surface area contributed by atoms with Gasteiger partial charge in [0.25, 0.3) is 0 Å². The summed E-state index contributed by atoms with van der Waals surface area (Å²) in [5.74, 6) is -0.0275. The highest BCUT2D eigenvalue weighted by atomic mass is 16.6. The summed E-state index contributed by atoms with van der Waals surface area (Å²) in [6.07, 6.45) is 1.99. The molecule has 0 aliphatic carbocycles. The number of methoxy groups -OCH3 is 1. The fourth-order valence-electron chi connectivity index (χ4n) is 2.55. The Hall–Kier alpha value is -3.28. The van der Waals surface area contributed by atoms with E-state index in [0.29, 0.717) is 11.5 Å². The quantitative estimate of drug-likeness (QED) is 0.534. The van der Waals surface area contributed by atoms with Gasteiger partial charge in [-0.05, 0) is 23.8 Å². The molecule has 0 spiro atoms. The van der Waals surface area contributed by atoms with Crippen molar-refractivity contribution in [2.24, 2.45) is 0 Å². The molecule has 0 bridgehead atoms. The van der Waals surface area contributed by atoms with Crippen molar-refractivity contribution in [3.63, 3.8) is 0 Å². The third-order valence-corrected chi connectivity index (χ3v) is 3.75. The number of hydrogen-bond donors (Lipinski definition) is 2. The van der Waals surface area contributed by atoms with Crippen LogP contribution < -0.4 is 14.8 Å². The molecule has 6 heteroatoms. The number of H-pyrrole nitrogens is 1. The summed E-state index contributed by atoms with van der Waals surface area (Å²) >= 11 is 0. The lowest BCUT2D eigenvalue weighted by atomic mass is 10.1. The van der Waals surface area contributed by atoms with Gasteiger partial charge in [-0.2, -0.15) is 0 Å². The number of esters is 1. The van der Waals surface area contributed by atoms with Gasteiger partial charge in [0.05, 0.1) is 13.5 Å². The fourth-order valence-corrected chi connectivity index (χ4v) is 2.55. The maximum absolute atomic E-state index is 12.1. The van der Waals surface area contributed by atoms with Gasteiger partial charge in [0.2, 0.25) is 5.91 Å². The molecule has 3 aromatic rings. The first-order chi connectivity index (χ1) is 12.2. The van der Waals surface area contributed by atoms with Crippen molar-refractivity contribution in [2.75, 3.05) is 13.7 Å². The third kappa shape index (κ3) is 3.98. The average Bonchev–Trinajstić information content (AvgIpc) is 3.03. The number of nitrogens with one attached hydrogen (secondary N) is 2. The third-order valence-electron chi connectivity index (χ3n) is 3.75. The number of carbonyl (C=O) groups excluding carboxylic acids is 2. The number of aromatic amines is 1. The molecule has 0 fully saturated rings. The zero-order chi connectivity index (χ0) is 17.6. The Balaban J connectivity index is 1.54. The number of ether oxygens (including phenoxy) is 2. The molecule has 1 heterocycles. The summed E-state index contributed by atoms with van der Waals surface area (Å²) in [6.45, 7) is -0.209. The molecule has 0 aliphatic heterocycles. The molecule has 2 aromatic carbocycles. The van der Waals surface area contributed by atoms with Gasteiger partial charge in [-0.1, -0.05) is 30.3 Å². The van der Waals surface area contributed by atoms with Crippen molar-refractivity contribution < 1.29 is 19.1 Å². The van der Waals surface area contributed by atoms with E-state index in [4.69, 9.17) is 9.47 Å². The van der Waals surface area contributed by atoms with Gasteiger partial charge in [-0.15, -0.1) is 0 Å². The van der Waals surface area contributed by atoms with E-state index < -0.39 is 5.97 Å². The van der Waals surface area contributed by atoms with E-state index in [1.54, 1.807) is 30.5 Å². The number of hydrogen-bond acceptors (Lipinski definition) is 4. The summed E-state index contributed by atoms with van der Waals surface area (Å²) in [6, 6.07) is 14.6. The zero-order valence-electron chi connectivity index (χ0n) is 13.7. The molecule has 0 radical (unpaired) electrons. The topological polar surface area (TPSA) is 80.4 Å². The lowest BCUT2D eigenvalue weighted by molar-refractivity contribution is -0.135. The van der Waals surface area contributed by atoms with E-state index in [2.05, 4.69) is 10.3 Å². The standard InChI is InChI=1S/C19H18N2O4/c1-24-16-8-4-5-9-17(16)25-19(23)12-21-18(22)10-13-11-20-15-7-3-2-6-14(13)15/h2-9,11,20H,10,12H2,1H3,(H,21,22). The second kappa shape index (κ2) is 7.53. The normalized spacial score (nSPS) is 10.4. The Labute approximate surface area is 144 Å². The lowest BCUT2D eigenvalue weighted by Gasteiger charge is -2.09. The van der Waals surface area contributed by atoms with Gasteiger partial charge in [0.15, 0.2) is 11.5 Å². The molecule has 0 saturated carbocycles. The van der Waals surface area contributed by atoms with Crippen molar-refractivity contribution in [1.29, 1.82) is 0 Å². The predicted molar refractivity (Wildman–Crippen MR) is 93.6 cm³/mol. The summed E-state index contributed by atoms with van der Waals surface area (Å²) in [5, 5.41) is 3.57. The molecular formula is C19H18N2O4. The van der Waals surface area contributed by atoms with Crippen LogP contribution in [0.5, 0.6) is 11.5 Å². The van der Waals surface area contributed by atoms with Crippen molar-refractivity contribution in [3.8, 4) is 11.5 Å². The fraction of sp³-hybridized carbons (Fsp3) is 0.158. The maximum Gasteiger partial charge on any atom is 0.330 e. The summed E-state index contributed by atoms with van der Waals surface area (Å²) in [5.41, 5.74) is 1.85. The Morgan fingerprint density at radius 2 is 1.76 bits per heavy atom. The van der Waals surface area contributed by atoms with Gasteiger partial charge in [0, 0.05) is 17.1 Å². The molecule has 6 nitrogen and oxygen atoms in total. The van der Waals surface area contributed by atoms with Crippen LogP contribution in [0.4, 0.5) is 0 Å². The summed E-state index contributed by atoms with van der Waals surface area (Å²) < 4.78 is 10.3. The number of aromatic nitrogens is 1. The minimum atomic E-state index is -0.559. The molecule has 0 saturated heterocycles. The molecule has 0 unspecified atom stereocenters. The van der Waals surface area contributed by atoms with E-state index in [1.807, 2.05) is 24.3 Å². The van der Waals surface area contributed by atoms with Gasteiger partial charge in [0.1, 0.15) is 6.54 Å². The second-order valence-corrected chi connectivity index (χ2v) is 5.44.